The SMILES string of the molecule is Cc1cc(C)c(C2C(C#N)=C(N)N(c3cc([N+](=O)[O-])ccc3Cl)C3=C2C(=O)CC(C)(C)C3)cc1CSc1ccccc1C. The molecule has 1 aliphatic heterocycles. The number of rotatable bonds is 6. The summed E-state index contributed by atoms with van der Waals surface area (Å²) in [6.45, 7) is 10.2. The molecule has 0 spiro atoms. The number of nitrogens with two attached hydrogens (primary N) is 1. The number of benzene rings is 3. The molecule has 0 radical (unpaired) electrons. The average Bonchev–Trinajstić information content (AvgIpc) is 2.93. The van der Waals surface area contributed by atoms with Crippen molar-refractivity contribution in [2.24, 2.45) is 11.1 Å². The zero-order valence-corrected chi connectivity index (χ0v) is 26.4. The Labute approximate surface area is 261 Å². The highest BCUT2D eigenvalue weighted by Crippen LogP contribution is 2.52. The van der Waals surface area contributed by atoms with Gasteiger partial charge in [-0.3, -0.25) is 19.8 Å². The largest absolute Gasteiger partial charge is 0.384 e. The van der Waals surface area contributed by atoms with Crippen molar-refractivity contribution in [3.8, 4) is 6.07 Å². The first-order chi connectivity index (χ1) is 20.3. The van der Waals surface area contributed by atoms with E-state index in [1.54, 1.807) is 16.7 Å². The van der Waals surface area contributed by atoms with Crippen molar-refractivity contribution in [2.45, 2.75) is 64.0 Å². The number of nitrogens with zero attached hydrogens (tertiary/aromatic N) is 3. The van der Waals surface area contributed by atoms with Crippen LogP contribution in [0.4, 0.5) is 11.4 Å². The molecular weight excluding hydrogens is 580 g/mol. The summed E-state index contributed by atoms with van der Waals surface area (Å²) in [4.78, 5) is 28.0. The van der Waals surface area contributed by atoms with E-state index in [2.05, 4.69) is 44.2 Å². The molecule has 43 heavy (non-hydrogen) atoms. The van der Waals surface area contributed by atoms with Gasteiger partial charge < -0.3 is 5.73 Å². The molecule has 1 aliphatic carbocycles. The van der Waals surface area contributed by atoms with Gasteiger partial charge in [0.25, 0.3) is 5.69 Å². The van der Waals surface area contributed by atoms with Crippen LogP contribution in [0.5, 0.6) is 0 Å². The third-order valence-electron chi connectivity index (χ3n) is 8.27. The van der Waals surface area contributed by atoms with Crippen LogP contribution in [0.15, 0.2) is 82.2 Å². The summed E-state index contributed by atoms with van der Waals surface area (Å²) in [6, 6.07) is 18.9. The van der Waals surface area contributed by atoms with Gasteiger partial charge in [-0.2, -0.15) is 5.26 Å². The van der Waals surface area contributed by atoms with Crippen LogP contribution in [-0.2, 0) is 10.5 Å². The fourth-order valence-corrected chi connectivity index (χ4v) is 7.43. The van der Waals surface area contributed by atoms with Gasteiger partial charge in [-0.1, -0.05) is 55.8 Å². The monoisotopic (exact) mass is 612 g/mol. The second-order valence-electron chi connectivity index (χ2n) is 12.1. The van der Waals surface area contributed by atoms with Gasteiger partial charge in [-0.15, -0.1) is 11.8 Å². The average molecular weight is 613 g/mol. The second kappa shape index (κ2) is 11.6. The topological polar surface area (TPSA) is 113 Å². The molecule has 1 atom stereocenters. The van der Waals surface area contributed by atoms with E-state index in [0.29, 0.717) is 24.1 Å². The maximum Gasteiger partial charge on any atom is 0.271 e. The maximum absolute atomic E-state index is 14.0. The Hall–Kier alpha value is -4.06. The first kappa shape index (κ1) is 30.4. The van der Waals surface area contributed by atoms with E-state index in [1.165, 1.54) is 28.7 Å². The van der Waals surface area contributed by atoms with Crippen LogP contribution in [0.1, 0.15) is 60.4 Å². The fraction of sp³-hybridized carbons (Fsp3) is 0.294. The number of hydrogen-bond donors (Lipinski definition) is 1. The summed E-state index contributed by atoms with van der Waals surface area (Å²) in [6.07, 6.45) is 0.780. The van der Waals surface area contributed by atoms with Gasteiger partial charge in [0.2, 0.25) is 0 Å². The molecule has 0 aromatic heterocycles. The van der Waals surface area contributed by atoms with Crippen molar-refractivity contribution in [3.63, 3.8) is 0 Å². The molecule has 0 saturated heterocycles. The lowest BCUT2D eigenvalue weighted by Crippen LogP contribution is -2.42. The van der Waals surface area contributed by atoms with E-state index in [4.69, 9.17) is 17.3 Å². The molecule has 3 aromatic rings. The molecule has 1 unspecified atom stereocenters. The molecular formula is C34H33ClN4O3S. The lowest BCUT2D eigenvalue weighted by Gasteiger charge is -2.44. The quantitative estimate of drug-likeness (QED) is 0.169. The molecule has 3 aromatic carbocycles. The zero-order valence-electron chi connectivity index (χ0n) is 24.8. The van der Waals surface area contributed by atoms with E-state index in [0.717, 1.165) is 28.0 Å². The predicted octanol–water partition coefficient (Wildman–Crippen LogP) is 8.41. The second-order valence-corrected chi connectivity index (χ2v) is 13.5. The molecule has 9 heteroatoms. The van der Waals surface area contributed by atoms with Gasteiger partial charge >= 0.3 is 0 Å². The predicted molar refractivity (Wildman–Crippen MR) is 172 cm³/mol. The number of aryl methyl sites for hydroxylation is 3. The number of nitro groups is 1. The van der Waals surface area contributed by atoms with Gasteiger partial charge in [0, 0.05) is 40.5 Å². The minimum Gasteiger partial charge on any atom is -0.384 e. The molecule has 0 saturated carbocycles. The number of non-ortho nitro benzene ring substituents is 1. The van der Waals surface area contributed by atoms with E-state index in [9.17, 15) is 20.2 Å². The van der Waals surface area contributed by atoms with Crippen LogP contribution in [0.3, 0.4) is 0 Å². The third kappa shape index (κ3) is 5.67. The number of halogens is 1. The van der Waals surface area contributed by atoms with Crippen LogP contribution in [0, 0.1) is 47.6 Å². The van der Waals surface area contributed by atoms with Gasteiger partial charge in [0.05, 0.1) is 33.2 Å². The number of Topliss-reactive ketones (excluding diaryl/α,β-unsaturated/α-hetero) is 1. The van der Waals surface area contributed by atoms with E-state index in [-0.39, 0.29) is 33.6 Å². The smallest absolute Gasteiger partial charge is 0.271 e. The zero-order chi connectivity index (χ0) is 31.2. The summed E-state index contributed by atoms with van der Waals surface area (Å²) in [5, 5.41) is 22.4. The highest BCUT2D eigenvalue weighted by Gasteiger charge is 2.45. The number of hydrogen-bond acceptors (Lipinski definition) is 7. The highest BCUT2D eigenvalue weighted by molar-refractivity contribution is 7.98. The number of allylic oxidation sites excluding steroid dienone is 3. The molecule has 0 fully saturated rings. The van der Waals surface area contributed by atoms with Crippen LogP contribution in [-0.4, -0.2) is 10.7 Å². The van der Waals surface area contributed by atoms with Crippen LogP contribution < -0.4 is 10.6 Å². The lowest BCUT2D eigenvalue weighted by molar-refractivity contribution is -0.384. The number of carbonyl (C=O) groups excluding carboxylic acids is 1. The van der Waals surface area contributed by atoms with Crippen LogP contribution in [0.25, 0.3) is 0 Å². The van der Waals surface area contributed by atoms with Gasteiger partial charge in [0.1, 0.15) is 5.82 Å². The number of nitriles is 1. The molecule has 2 N–H and O–H groups in total. The number of ketones is 1. The van der Waals surface area contributed by atoms with Crippen LogP contribution in [0.2, 0.25) is 5.02 Å². The van der Waals surface area contributed by atoms with Crippen molar-refractivity contribution in [1.82, 2.24) is 0 Å². The maximum atomic E-state index is 14.0. The molecule has 0 bridgehead atoms. The van der Waals surface area contributed by atoms with E-state index < -0.39 is 16.3 Å². The minimum atomic E-state index is -0.667. The van der Waals surface area contributed by atoms with Crippen molar-refractivity contribution in [3.05, 3.63) is 120 Å². The molecule has 220 valence electrons. The normalized spacial score (nSPS) is 18.0. The fourth-order valence-electron chi connectivity index (χ4n) is 6.14. The van der Waals surface area contributed by atoms with Crippen molar-refractivity contribution >= 4 is 40.5 Å². The van der Waals surface area contributed by atoms with Gasteiger partial charge in [0.15, 0.2) is 5.78 Å². The van der Waals surface area contributed by atoms with E-state index in [1.807, 2.05) is 32.9 Å². The molecule has 7 nitrogen and oxygen atoms in total. The molecule has 2 aliphatic rings. The summed E-state index contributed by atoms with van der Waals surface area (Å²) in [5.74, 6) is 0.106. The first-order valence-electron chi connectivity index (χ1n) is 14.0. The Bertz CT molecular complexity index is 1790. The Morgan fingerprint density at radius 2 is 1.81 bits per heavy atom. The summed E-state index contributed by atoms with van der Waals surface area (Å²) in [5.41, 5.74) is 13.1. The van der Waals surface area contributed by atoms with Gasteiger partial charge in [-0.05, 0) is 72.6 Å². The van der Waals surface area contributed by atoms with E-state index >= 15 is 0 Å². The summed E-state index contributed by atoms with van der Waals surface area (Å²) in [7, 11) is 0. The minimum absolute atomic E-state index is 0.0705. The third-order valence-corrected chi connectivity index (χ3v) is 9.82. The van der Waals surface area contributed by atoms with Crippen molar-refractivity contribution < 1.29 is 9.72 Å². The standard InChI is InChI=1S/C34H33ClN4O3S/c1-19-8-6-7-9-30(19)43-18-22-13-24(21(3)12-20(22)2)31-25(17-36)33(37)38(27-14-23(39(41)42)10-11-26(27)35)28-15-34(4,5)16-29(40)32(28)31/h6-14,31H,15-16,18,37H2,1-5H3. The number of anilines is 1. The first-order valence-corrected chi connectivity index (χ1v) is 15.4. The Morgan fingerprint density at radius 1 is 1.09 bits per heavy atom. The highest BCUT2D eigenvalue weighted by atomic mass is 35.5. The van der Waals surface area contributed by atoms with Crippen LogP contribution >= 0.6 is 23.4 Å². The molecule has 5 rings (SSSR count). The van der Waals surface area contributed by atoms with Crippen molar-refractivity contribution in [2.75, 3.05) is 4.90 Å². The number of thioether (sulfide) groups is 1. The Balaban J connectivity index is 1.70. The molecule has 1 heterocycles. The van der Waals surface area contributed by atoms with Gasteiger partial charge in [-0.25, -0.2) is 0 Å². The van der Waals surface area contributed by atoms with Crippen molar-refractivity contribution in [1.29, 1.82) is 5.26 Å². The number of nitro benzene ring substituents is 1. The molecule has 0 amide bonds. The number of carbonyl (C=O) groups is 1. The summed E-state index contributed by atoms with van der Waals surface area (Å²) < 4.78 is 0. The lowest BCUT2D eigenvalue weighted by atomic mass is 9.68. The Kier molecular flexibility index (Phi) is 8.17. The Morgan fingerprint density at radius 3 is 2.49 bits per heavy atom. The summed E-state index contributed by atoms with van der Waals surface area (Å²) >= 11 is 8.36.